The molecule has 3 N–H and O–H groups in total. The predicted octanol–water partition coefficient (Wildman–Crippen LogP) is 2.16. The van der Waals surface area contributed by atoms with E-state index in [1.165, 1.54) is 0 Å². The lowest BCUT2D eigenvalue weighted by Crippen LogP contribution is -2.12. The monoisotopic (exact) mass is 259 g/mol. The topological polar surface area (TPSA) is 69.4 Å². The quantitative estimate of drug-likeness (QED) is 0.614. The summed E-state index contributed by atoms with van der Waals surface area (Å²) >= 11 is 0. The highest BCUT2D eigenvalue weighted by Crippen LogP contribution is 2.19. The zero-order valence-corrected chi connectivity index (χ0v) is 10.8. The number of anilines is 2. The van der Waals surface area contributed by atoms with Crippen molar-refractivity contribution < 1.29 is 9.47 Å². The SMILES string of the molecule is COc1cc(NCCOc2ccccc2N)ccn1. The molecule has 5 heteroatoms. The van der Waals surface area contributed by atoms with Gasteiger partial charge in [-0.1, -0.05) is 12.1 Å². The Hall–Kier alpha value is -2.43. The molecule has 0 saturated carbocycles. The van der Waals surface area contributed by atoms with Crippen LogP contribution in [-0.2, 0) is 0 Å². The fourth-order valence-corrected chi connectivity index (χ4v) is 1.60. The number of pyridine rings is 1. The summed E-state index contributed by atoms with van der Waals surface area (Å²) in [5, 5.41) is 3.22. The predicted molar refractivity (Wildman–Crippen MR) is 75.6 cm³/mol. The van der Waals surface area contributed by atoms with E-state index in [9.17, 15) is 0 Å². The van der Waals surface area contributed by atoms with Gasteiger partial charge in [0.25, 0.3) is 0 Å². The van der Waals surface area contributed by atoms with E-state index in [0.29, 0.717) is 30.5 Å². The molecule has 0 spiro atoms. The molecule has 0 aliphatic rings. The molecule has 1 aromatic carbocycles. The number of methoxy groups -OCH3 is 1. The van der Waals surface area contributed by atoms with Crippen molar-refractivity contribution in [1.29, 1.82) is 0 Å². The van der Waals surface area contributed by atoms with Crippen LogP contribution in [0.15, 0.2) is 42.6 Å². The van der Waals surface area contributed by atoms with Crippen LogP contribution in [0, 0.1) is 0 Å². The van der Waals surface area contributed by atoms with Crippen molar-refractivity contribution in [3.05, 3.63) is 42.6 Å². The number of benzene rings is 1. The third kappa shape index (κ3) is 3.77. The summed E-state index contributed by atoms with van der Waals surface area (Å²) in [6.07, 6.45) is 1.69. The minimum absolute atomic E-state index is 0.527. The van der Waals surface area contributed by atoms with E-state index in [4.69, 9.17) is 15.2 Å². The van der Waals surface area contributed by atoms with Gasteiger partial charge < -0.3 is 20.5 Å². The van der Waals surface area contributed by atoms with E-state index in [-0.39, 0.29) is 0 Å². The Bertz CT molecular complexity index is 532. The molecule has 0 aliphatic carbocycles. The summed E-state index contributed by atoms with van der Waals surface area (Å²) in [5.74, 6) is 1.29. The lowest BCUT2D eigenvalue weighted by Gasteiger charge is -2.10. The maximum absolute atomic E-state index is 5.78. The maximum atomic E-state index is 5.78. The Morgan fingerprint density at radius 1 is 1.26 bits per heavy atom. The number of hydrogen-bond donors (Lipinski definition) is 2. The fraction of sp³-hybridized carbons (Fsp3) is 0.214. The van der Waals surface area contributed by atoms with E-state index in [2.05, 4.69) is 10.3 Å². The molecule has 1 aromatic heterocycles. The first kappa shape index (κ1) is 13.0. The zero-order chi connectivity index (χ0) is 13.5. The molecular weight excluding hydrogens is 242 g/mol. The summed E-state index contributed by atoms with van der Waals surface area (Å²) in [4.78, 5) is 4.04. The van der Waals surface area contributed by atoms with Gasteiger partial charge in [0.05, 0.1) is 12.8 Å². The molecule has 0 unspecified atom stereocenters. The lowest BCUT2D eigenvalue weighted by molar-refractivity contribution is 0.334. The lowest BCUT2D eigenvalue weighted by atomic mass is 10.3. The van der Waals surface area contributed by atoms with Crippen LogP contribution in [-0.4, -0.2) is 25.2 Å². The van der Waals surface area contributed by atoms with E-state index in [1.54, 1.807) is 13.3 Å². The van der Waals surface area contributed by atoms with Crippen molar-refractivity contribution in [2.24, 2.45) is 0 Å². The number of nitrogens with zero attached hydrogens (tertiary/aromatic N) is 1. The number of ether oxygens (including phenoxy) is 2. The second-order valence-corrected chi connectivity index (χ2v) is 3.90. The van der Waals surface area contributed by atoms with Gasteiger partial charge in [-0.25, -0.2) is 4.98 Å². The molecule has 0 bridgehead atoms. The van der Waals surface area contributed by atoms with Crippen LogP contribution in [0.1, 0.15) is 0 Å². The summed E-state index contributed by atoms with van der Waals surface area (Å²) < 4.78 is 10.6. The van der Waals surface area contributed by atoms with Gasteiger partial charge in [0.15, 0.2) is 0 Å². The van der Waals surface area contributed by atoms with Crippen molar-refractivity contribution in [1.82, 2.24) is 4.98 Å². The van der Waals surface area contributed by atoms with Gasteiger partial charge in [0.1, 0.15) is 12.4 Å². The van der Waals surface area contributed by atoms with Gasteiger partial charge in [0, 0.05) is 24.5 Å². The van der Waals surface area contributed by atoms with Crippen LogP contribution in [0.4, 0.5) is 11.4 Å². The molecule has 1 heterocycles. The normalized spacial score (nSPS) is 9.95. The van der Waals surface area contributed by atoms with E-state index in [1.807, 2.05) is 36.4 Å². The molecule has 5 nitrogen and oxygen atoms in total. The van der Waals surface area contributed by atoms with Gasteiger partial charge >= 0.3 is 0 Å². The van der Waals surface area contributed by atoms with E-state index < -0.39 is 0 Å². The second kappa shape index (κ2) is 6.49. The average molecular weight is 259 g/mol. The van der Waals surface area contributed by atoms with Crippen LogP contribution in [0.2, 0.25) is 0 Å². The van der Waals surface area contributed by atoms with Crippen LogP contribution >= 0.6 is 0 Å². The van der Waals surface area contributed by atoms with Gasteiger partial charge in [0.2, 0.25) is 5.88 Å². The first-order valence-electron chi connectivity index (χ1n) is 6.01. The highest BCUT2D eigenvalue weighted by atomic mass is 16.5. The highest BCUT2D eigenvalue weighted by molar-refractivity contribution is 5.51. The van der Waals surface area contributed by atoms with E-state index >= 15 is 0 Å². The van der Waals surface area contributed by atoms with Crippen LogP contribution in [0.3, 0.4) is 0 Å². The standard InChI is InChI=1S/C14H17N3O2/c1-18-14-10-11(6-7-17-14)16-8-9-19-13-5-3-2-4-12(13)15/h2-7,10H,8-9,15H2,1H3,(H,16,17). The largest absolute Gasteiger partial charge is 0.490 e. The summed E-state index contributed by atoms with van der Waals surface area (Å²) in [6.45, 7) is 1.19. The highest BCUT2D eigenvalue weighted by Gasteiger charge is 1.99. The van der Waals surface area contributed by atoms with E-state index in [0.717, 1.165) is 5.69 Å². The Kier molecular flexibility index (Phi) is 4.44. The molecule has 0 atom stereocenters. The number of nitrogens with one attached hydrogen (secondary N) is 1. The number of nitrogens with two attached hydrogens (primary N) is 1. The number of nitrogen functional groups attached to an aromatic ring is 1. The van der Waals surface area contributed by atoms with Crippen molar-refractivity contribution in [3.8, 4) is 11.6 Å². The van der Waals surface area contributed by atoms with Gasteiger partial charge in [-0.05, 0) is 18.2 Å². The molecule has 2 aromatic rings. The summed E-state index contributed by atoms with van der Waals surface area (Å²) in [6, 6.07) is 11.1. The Balaban J connectivity index is 1.79. The minimum atomic E-state index is 0.527. The van der Waals surface area contributed by atoms with Gasteiger partial charge in [-0.2, -0.15) is 0 Å². The molecule has 0 radical (unpaired) electrons. The van der Waals surface area contributed by atoms with Crippen LogP contribution in [0.5, 0.6) is 11.6 Å². The van der Waals surface area contributed by atoms with Crippen LogP contribution < -0.4 is 20.5 Å². The van der Waals surface area contributed by atoms with Gasteiger partial charge in [-0.3, -0.25) is 0 Å². The van der Waals surface area contributed by atoms with Crippen molar-refractivity contribution in [3.63, 3.8) is 0 Å². The summed E-state index contributed by atoms with van der Waals surface area (Å²) in [7, 11) is 1.59. The molecule has 0 aliphatic heterocycles. The fourth-order valence-electron chi connectivity index (χ4n) is 1.60. The molecule has 0 amide bonds. The minimum Gasteiger partial charge on any atom is -0.490 e. The van der Waals surface area contributed by atoms with Crippen LogP contribution in [0.25, 0.3) is 0 Å². The van der Waals surface area contributed by atoms with Gasteiger partial charge in [-0.15, -0.1) is 0 Å². The third-order valence-corrected chi connectivity index (χ3v) is 2.55. The molecule has 2 rings (SSSR count). The second-order valence-electron chi connectivity index (χ2n) is 3.90. The molecule has 19 heavy (non-hydrogen) atoms. The Morgan fingerprint density at radius 3 is 2.89 bits per heavy atom. The smallest absolute Gasteiger partial charge is 0.214 e. The number of aromatic nitrogens is 1. The first-order chi connectivity index (χ1) is 9.29. The summed E-state index contributed by atoms with van der Waals surface area (Å²) in [5.41, 5.74) is 7.37. The molecular formula is C14H17N3O2. The zero-order valence-electron chi connectivity index (χ0n) is 10.8. The number of rotatable bonds is 6. The molecule has 0 fully saturated rings. The van der Waals surface area contributed by atoms with Crippen molar-refractivity contribution >= 4 is 11.4 Å². The average Bonchev–Trinajstić information content (AvgIpc) is 2.45. The number of hydrogen-bond acceptors (Lipinski definition) is 5. The maximum Gasteiger partial charge on any atom is 0.214 e. The number of para-hydroxylation sites is 2. The molecule has 100 valence electrons. The van der Waals surface area contributed by atoms with Crippen molar-refractivity contribution in [2.75, 3.05) is 31.3 Å². The Labute approximate surface area is 112 Å². The first-order valence-corrected chi connectivity index (χ1v) is 6.01. The Morgan fingerprint density at radius 2 is 2.11 bits per heavy atom. The molecule has 0 saturated heterocycles. The third-order valence-electron chi connectivity index (χ3n) is 2.55. The van der Waals surface area contributed by atoms with Crippen molar-refractivity contribution in [2.45, 2.75) is 0 Å².